The average Bonchev–Trinajstić information content (AvgIpc) is 3.81. The molecule has 1 unspecified atom stereocenters. The van der Waals surface area contributed by atoms with Crippen LogP contribution in [0.3, 0.4) is 0 Å². The summed E-state index contributed by atoms with van der Waals surface area (Å²) in [6.45, 7) is 8.94. The van der Waals surface area contributed by atoms with Crippen LogP contribution in [0.2, 0.25) is 0 Å². The minimum absolute atomic E-state index is 0.302. The molecule has 0 aromatic heterocycles. The van der Waals surface area contributed by atoms with E-state index >= 15 is 0 Å². The fourth-order valence-electron chi connectivity index (χ4n) is 6.31. The normalized spacial score (nSPS) is 14.0. The molecule has 0 nitrogen and oxygen atoms in total. The molecule has 1 atom stereocenters. The monoisotopic (exact) mass is 722 g/mol. The fourth-order valence-corrected chi connectivity index (χ4v) is 7.13. The van der Waals surface area contributed by atoms with Crippen molar-refractivity contribution in [3.05, 3.63) is 204 Å². The molecule has 0 N–H and O–H groups in total. The van der Waals surface area contributed by atoms with Crippen molar-refractivity contribution in [3.63, 3.8) is 0 Å². The standard InChI is InChI=1S/C25H17.C13H10.C11H17.Zr/c1-3-7-18(8-4-1)20-11-13-24-22(15-20)17-23-16-21(12-14-25(23)24)19-9-5-2-6-10-19;1-3-7-12(8-4-1)11-13-9-5-2-6-10-13;1-5-9-6-7-10(8-9)11(2,3)4;/h1-15H,17H2;1-10H;7-9H,5H2,1-4H3;/q-1;;-1;+2. The van der Waals surface area contributed by atoms with E-state index in [1.54, 1.807) is 0 Å². The zero-order chi connectivity index (χ0) is 34.9. The van der Waals surface area contributed by atoms with Gasteiger partial charge in [0.1, 0.15) is 0 Å². The van der Waals surface area contributed by atoms with Gasteiger partial charge in [0.25, 0.3) is 0 Å². The van der Waals surface area contributed by atoms with Crippen LogP contribution < -0.4 is 0 Å². The largest absolute Gasteiger partial charge is 0.143 e. The topological polar surface area (TPSA) is 0 Å². The summed E-state index contributed by atoms with van der Waals surface area (Å²) in [6.07, 6.45) is 9.97. The zero-order valence-corrected chi connectivity index (χ0v) is 32.0. The van der Waals surface area contributed by atoms with Gasteiger partial charge in [-0.05, 0) is 23.1 Å². The van der Waals surface area contributed by atoms with E-state index in [1.807, 2.05) is 0 Å². The Bertz CT molecular complexity index is 1950. The van der Waals surface area contributed by atoms with E-state index in [0.29, 0.717) is 11.3 Å². The van der Waals surface area contributed by atoms with Gasteiger partial charge in [-0.3, -0.25) is 6.08 Å². The van der Waals surface area contributed by atoms with Gasteiger partial charge in [0.2, 0.25) is 0 Å². The molecule has 0 aliphatic heterocycles. The third-order valence-corrected chi connectivity index (χ3v) is 10.7. The van der Waals surface area contributed by atoms with Crippen molar-refractivity contribution < 1.29 is 24.2 Å². The average molecular weight is 724 g/mol. The van der Waals surface area contributed by atoms with Crippen LogP contribution >= 0.6 is 0 Å². The first-order valence-electron chi connectivity index (χ1n) is 17.6. The van der Waals surface area contributed by atoms with Crippen molar-refractivity contribution in [2.75, 3.05) is 0 Å². The van der Waals surface area contributed by atoms with Crippen LogP contribution in [0.15, 0.2) is 169 Å². The van der Waals surface area contributed by atoms with E-state index in [1.165, 1.54) is 95.1 Å². The van der Waals surface area contributed by atoms with E-state index in [4.69, 9.17) is 0 Å². The Labute approximate surface area is 314 Å². The maximum absolute atomic E-state index is 3.65. The first-order chi connectivity index (χ1) is 24.3. The molecule has 2 aliphatic carbocycles. The zero-order valence-electron chi connectivity index (χ0n) is 29.6. The van der Waals surface area contributed by atoms with Crippen LogP contribution in [0.1, 0.15) is 56.4 Å². The number of benzene rings is 6. The summed E-state index contributed by atoms with van der Waals surface area (Å²) in [4.78, 5) is 0. The Morgan fingerprint density at radius 1 is 0.640 bits per heavy atom. The summed E-state index contributed by atoms with van der Waals surface area (Å²) in [6, 6.07) is 57.1. The Morgan fingerprint density at radius 3 is 1.70 bits per heavy atom. The summed E-state index contributed by atoms with van der Waals surface area (Å²) >= 11 is 1.46. The molecule has 50 heavy (non-hydrogen) atoms. The summed E-state index contributed by atoms with van der Waals surface area (Å²) < 4.78 is 1.42. The van der Waals surface area contributed by atoms with Crippen molar-refractivity contribution >= 4 is 3.21 Å². The maximum Gasteiger partial charge on any atom is -0.0181 e. The van der Waals surface area contributed by atoms with E-state index in [2.05, 4.69) is 204 Å². The summed E-state index contributed by atoms with van der Waals surface area (Å²) in [5.41, 5.74) is 14.8. The molecule has 0 bridgehead atoms. The molecular formula is C49H44Zr. The van der Waals surface area contributed by atoms with E-state index < -0.39 is 0 Å². The Balaban J connectivity index is 0.000000146. The Kier molecular flexibility index (Phi) is 11.7. The van der Waals surface area contributed by atoms with Gasteiger partial charge in [0, 0.05) is 0 Å². The van der Waals surface area contributed by atoms with Gasteiger partial charge in [-0.25, -0.2) is 6.08 Å². The maximum atomic E-state index is 3.65. The first kappa shape index (κ1) is 35.4. The number of hydrogen-bond acceptors (Lipinski definition) is 0. The van der Waals surface area contributed by atoms with Gasteiger partial charge < -0.3 is 0 Å². The van der Waals surface area contributed by atoms with Crippen LogP contribution in [0.4, 0.5) is 0 Å². The van der Waals surface area contributed by atoms with Crippen LogP contribution in [0, 0.1) is 23.5 Å². The molecule has 244 valence electrons. The van der Waals surface area contributed by atoms with Crippen LogP contribution in [0.5, 0.6) is 0 Å². The molecule has 0 fully saturated rings. The summed E-state index contributed by atoms with van der Waals surface area (Å²) in [5.74, 6) is 0.573. The predicted octanol–water partition coefficient (Wildman–Crippen LogP) is 12.6. The molecule has 8 rings (SSSR count). The Hall–Kier alpha value is -4.45. The second kappa shape index (κ2) is 16.5. The van der Waals surface area contributed by atoms with Crippen LogP contribution in [-0.4, -0.2) is 3.21 Å². The van der Waals surface area contributed by atoms with Crippen molar-refractivity contribution in [3.8, 4) is 33.4 Å². The van der Waals surface area contributed by atoms with E-state index in [9.17, 15) is 0 Å². The van der Waals surface area contributed by atoms with Crippen LogP contribution in [0.25, 0.3) is 33.4 Å². The molecule has 0 amide bonds. The fraction of sp³-hybridized carbons (Fsp3) is 0.163. The number of rotatable bonds is 5. The number of hydrogen-bond donors (Lipinski definition) is 0. The smallest absolute Gasteiger partial charge is 0.0181 e. The molecule has 0 saturated carbocycles. The van der Waals surface area contributed by atoms with Crippen molar-refractivity contribution in [1.82, 2.24) is 0 Å². The molecule has 2 aliphatic rings. The summed E-state index contributed by atoms with van der Waals surface area (Å²) in [5, 5.41) is 0. The van der Waals surface area contributed by atoms with Crippen molar-refractivity contribution in [2.45, 2.75) is 40.5 Å². The number of fused-ring (bicyclic) bond motifs is 3. The third-order valence-electron chi connectivity index (χ3n) is 9.25. The van der Waals surface area contributed by atoms with Gasteiger partial charge >= 0.3 is 99.2 Å². The molecule has 0 heterocycles. The van der Waals surface area contributed by atoms with Crippen LogP contribution in [-0.2, 0) is 30.7 Å². The second-order valence-corrected chi connectivity index (χ2v) is 15.1. The molecule has 1 heteroatoms. The quantitative estimate of drug-likeness (QED) is 0.155. The minimum atomic E-state index is 0.302. The molecule has 0 saturated heterocycles. The number of allylic oxidation sites excluding steroid dienone is 4. The molecule has 0 spiro atoms. The van der Waals surface area contributed by atoms with E-state index in [-0.39, 0.29) is 0 Å². The van der Waals surface area contributed by atoms with E-state index in [0.717, 1.165) is 6.42 Å². The Morgan fingerprint density at radius 2 is 1.18 bits per heavy atom. The van der Waals surface area contributed by atoms with Gasteiger partial charge in [-0.15, -0.1) is 29.3 Å². The van der Waals surface area contributed by atoms with Crippen molar-refractivity contribution in [1.29, 1.82) is 0 Å². The summed E-state index contributed by atoms with van der Waals surface area (Å²) in [7, 11) is 0. The molecule has 0 radical (unpaired) electrons. The predicted molar refractivity (Wildman–Crippen MR) is 210 cm³/mol. The first-order valence-corrected chi connectivity index (χ1v) is 18.8. The second-order valence-electron chi connectivity index (χ2n) is 13.8. The molecular weight excluding hydrogens is 680 g/mol. The molecule has 6 aromatic carbocycles. The SMILES string of the molecule is CCC1[C-]=CC(C(C)(C)C)=C1.[Zr+2]=[C](c1ccccc1)c1ccccc1.[c-]1c(-c2ccccc2)ccc2c1Cc1cc(-c3ccccc3)ccc1-2. The third kappa shape index (κ3) is 8.82. The van der Waals surface area contributed by atoms with Gasteiger partial charge in [0.05, 0.1) is 0 Å². The van der Waals surface area contributed by atoms with Crippen molar-refractivity contribution in [2.24, 2.45) is 11.3 Å². The van der Waals surface area contributed by atoms with Gasteiger partial charge in [-0.2, -0.15) is 11.6 Å². The minimum Gasteiger partial charge on any atom is -0.143 e. The molecule has 6 aromatic rings. The van der Waals surface area contributed by atoms with Gasteiger partial charge in [0.15, 0.2) is 0 Å². The van der Waals surface area contributed by atoms with Gasteiger partial charge in [-0.1, -0.05) is 141 Å².